The number of fused-ring (bicyclic) bond motifs is 1. The molecule has 88 valence electrons. The minimum atomic E-state index is 0.214. The van der Waals surface area contributed by atoms with Crippen LogP contribution < -0.4 is 0 Å². The van der Waals surface area contributed by atoms with Gasteiger partial charge in [0.25, 0.3) is 0 Å². The lowest BCUT2D eigenvalue weighted by Gasteiger charge is -2.13. The van der Waals surface area contributed by atoms with Crippen molar-refractivity contribution < 1.29 is 0 Å². The second-order valence-corrected chi connectivity index (χ2v) is 6.19. The molecule has 0 N–H and O–H groups in total. The van der Waals surface area contributed by atoms with E-state index in [1.807, 2.05) is 11.3 Å². The molecule has 0 spiro atoms. The van der Waals surface area contributed by atoms with Gasteiger partial charge < -0.3 is 0 Å². The van der Waals surface area contributed by atoms with E-state index in [0.29, 0.717) is 5.92 Å². The van der Waals surface area contributed by atoms with Gasteiger partial charge in [-0.2, -0.15) is 0 Å². The van der Waals surface area contributed by atoms with E-state index in [2.05, 4.69) is 41.8 Å². The molecule has 1 aromatic heterocycles. The Bertz CT molecular complexity index is 489. The van der Waals surface area contributed by atoms with Crippen molar-refractivity contribution in [3.63, 3.8) is 0 Å². The molecular weight excluding hydrogens is 248 g/mol. The van der Waals surface area contributed by atoms with Crippen LogP contribution in [0.2, 0.25) is 0 Å². The molecule has 0 saturated heterocycles. The van der Waals surface area contributed by atoms with Gasteiger partial charge in [0.15, 0.2) is 0 Å². The largest absolute Gasteiger partial charge is 0.149 e. The number of rotatable bonds is 3. The third kappa shape index (κ3) is 2.27. The first-order valence-corrected chi connectivity index (χ1v) is 7.40. The van der Waals surface area contributed by atoms with Crippen LogP contribution in [-0.2, 0) is 12.8 Å². The summed E-state index contributed by atoms with van der Waals surface area (Å²) >= 11 is 8.40. The van der Waals surface area contributed by atoms with Gasteiger partial charge in [-0.3, -0.25) is 0 Å². The first kappa shape index (κ1) is 11.3. The molecule has 1 heterocycles. The molecule has 2 heteroatoms. The van der Waals surface area contributed by atoms with Crippen molar-refractivity contribution >= 4 is 22.9 Å². The monoisotopic (exact) mass is 262 g/mol. The van der Waals surface area contributed by atoms with Gasteiger partial charge in [0.1, 0.15) is 0 Å². The minimum Gasteiger partial charge on any atom is -0.149 e. The summed E-state index contributed by atoms with van der Waals surface area (Å²) in [6.07, 6.45) is 3.51. The fourth-order valence-electron chi connectivity index (χ4n) is 2.66. The molecule has 1 aliphatic rings. The zero-order valence-electron chi connectivity index (χ0n) is 9.60. The summed E-state index contributed by atoms with van der Waals surface area (Å²) in [6, 6.07) is 12.9. The first-order valence-electron chi connectivity index (χ1n) is 6.09. The van der Waals surface area contributed by atoms with Gasteiger partial charge in [0.2, 0.25) is 0 Å². The maximum Gasteiger partial charge on any atom is 0.0619 e. The molecule has 0 bridgehead atoms. The zero-order valence-corrected chi connectivity index (χ0v) is 11.2. The van der Waals surface area contributed by atoms with Crippen LogP contribution in [0.1, 0.15) is 27.8 Å². The highest BCUT2D eigenvalue weighted by molar-refractivity contribution is 7.09. The van der Waals surface area contributed by atoms with Crippen molar-refractivity contribution in [2.24, 2.45) is 5.92 Å². The van der Waals surface area contributed by atoms with Crippen molar-refractivity contribution in [2.45, 2.75) is 24.6 Å². The molecule has 0 radical (unpaired) electrons. The molecule has 0 saturated carbocycles. The zero-order chi connectivity index (χ0) is 11.7. The molecule has 1 aliphatic carbocycles. The predicted molar refractivity (Wildman–Crippen MR) is 74.9 cm³/mol. The van der Waals surface area contributed by atoms with Gasteiger partial charge in [-0.05, 0) is 47.8 Å². The molecule has 0 aliphatic heterocycles. The maximum absolute atomic E-state index is 6.55. The van der Waals surface area contributed by atoms with Crippen LogP contribution >= 0.6 is 22.9 Å². The number of halogens is 1. The summed E-state index contributed by atoms with van der Waals surface area (Å²) in [6.45, 7) is 0. The molecule has 0 nitrogen and oxygen atoms in total. The lowest BCUT2D eigenvalue weighted by Crippen LogP contribution is -2.03. The second-order valence-electron chi connectivity index (χ2n) is 4.68. The van der Waals surface area contributed by atoms with E-state index in [-0.39, 0.29) is 5.38 Å². The molecule has 3 rings (SSSR count). The van der Waals surface area contributed by atoms with Crippen LogP contribution in [0.25, 0.3) is 0 Å². The average molecular weight is 263 g/mol. The van der Waals surface area contributed by atoms with Crippen LogP contribution in [0.4, 0.5) is 0 Å². The minimum absolute atomic E-state index is 0.214. The normalized spacial score (nSPS) is 22.6. The summed E-state index contributed by atoms with van der Waals surface area (Å²) in [5.74, 6) is 0.608. The Labute approximate surface area is 111 Å². The lowest BCUT2D eigenvalue weighted by molar-refractivity contribution is 0.503. The number of alkyl halides is 1. The Kier molecular flexibility index (Phi) is 3.21. The molecule has 1 aromatic carbocycles. The van der Waals surface area contributed by atoms with E-state index in [1.54, 1.807) is 0 Å². The summed E-state index contributed by atoms with van der Waals surface area (Å²) in [7, 11) is 0. The molecule has 2 atom stereocenters. The number of thiophene rings is 1. The van der Waals surface area contributed by atoms with Crippen molar-refractivity contribution in [1.82, 2.24) is 0 Å². The van der Waals surface area contributed by atoms with Crippen molar-refractivity contribution in [2.75, 3.05) is 0 Å². The summed E-state index contributed by atoms with van der Waals surface area (Å²) < 4.78 is 0. The Morgan fingerprint density at radius 1 is 1.18 bits per heavy atom. The smallest absolute Gasteiger partial charge is 0.0619 e. The highest BCUT2D eigenvalue weighted by Crippen LogP contribution is 2.42. The van der Waals surface area contributed by atoms with Crippen LogP contribution in [0.3, 0.4) is 0 Å². The lowest BCUT2D eigenvalue weighted by atomic mass is 9.99. The molecule has 0 amide bonds. The summed E-state index contributed by atoms with van der Waals surface area (Å²) in [5.41, 5.74) is 2.80. The average Bonchev–Trinajstić information content (AvgIpc) is 2.96. The molecular formula is C15H15ClS. The Hall–Kier alpha value is -0.790. The Morgan fingerprint density at radius 2 is 2.06 bits per heavy atom. The van der Waals surface area contributed by atoms with E-state index in [4.69, 9.17) is 11.6 Å². The van der Waals surface area contributed by atoms with Gasteiger partial charge >= 0.3 is 0 Å². The second kappa shape index (κ2) is 4.83. The highest BCUT2D eigenvalue weighted by Gasteiger charge is 2.29. The van der Waals surface area contributed by atoms with Gasteiger partial charge in [-0.25, -0.2) is 0 Å². The van der Waals surface area contributed by atoms with Crippen LogP contribution in [-0.4, -0.2) is 0 Å². The number of hydrogen-bond donors (Lipinski definition) is 0. The summed E-state index contributed by atoms with van der Waals surface area (Å²) in [4.78, 5) is 1.48. The SMILES string of the molecule is ClC1c2ccccc2CC1CCc1cccs1. The van der Waals surface area contributed by atoms with Crippen LogP contribution in [0.5, 0.6) is 0 Å². The van der Waals surface area contributed by atoms with E-state index >= 15 is 0 Å². The molecule has 2 unspecified atom stereocenters. The maximum atomic E-state index is 6.55. The van der Waals surface area contributed by atoms with Crippen LogP contribution in [0.15, 0.2) is 41.8 Å². The van der Waals surface area contributed by atoms with Crippen molar-refractivity contribution in [3.8, 4) is 0 Å². The molecule has 2 aromatic rings. The van der Waals surface area contributed by atoms with Gasteiger partial charge in [-0.15, -0.1) is 22.9 Å². The van der Waals surface area contributed by atoms with E-state index in [0.717, 1.165) is 6.42 Å². The predicted octanol–water partition coefficient (Wildman–Crippen LogP) is 4.83. The number of hydrogen-bond acceptors (Lipinski definition) is 1. The van der Waals surface area contributed by atoms with Crippen molar-refractivity contribution in [1.29, 1.82) is 0 Å². The summed E-state index contributed by atoms with van der Waals surface area (Å²) in [5, 5.41) is 2.36. The van der Waals surface area contributed by atoms with Gasteiger partial charge in [0.05, 0.1) is 5.38 Å². The quantitative estimate of drug-likeness (QED) is 0.695. The first-order chi connectivity index (χ1) is 8.34. The Morgan fingerprint density at radius 3 is 2.82 bits per heavy atom. The fourth-order valence-corrected chi connectivity index (χ4v) is 3.81. The third-order valence-electron chi connectivity index (χ3n) is 3.59. The van der Waals surface area contributed by atoms with Gasteiger partial charge in [-0.1, -0.05) is 30.3 Å². The number of aryl methyl sites for hydroxylation is 1. The third-order valence-corrected chi connectivity index (χ3v) is 5.12. The Balaban J connectivity index is 1.68. The molecule has 0 fully saturated rings. The van der Waals surface area contributed by atoms with Crippen LogP contribution in [0, 0.1) is 5.92 Å². The van der Waals surface area contributed by atoms with E-state index < -0.39 is 0 Å². The van der Waals surface area contributed by atoms with Crippen molar-refractivity contribution in [3.05, 3.63) is 57.8 Å². The highest BCUT2D eigenvalue weighted by atomic mass is 35.5. The van der Waals surface area contributed by atoms with E-state index in [9.17, 15) is 0 Å². The van der Waals surface area contributed by atoms with E-state index in [1.165, 1.54) is 28.8 Å². The topological polar surface area (TPSA) is 0 Å². The van der Waals surface area contributed by atoms with Gasteiger partial charge in [0, 0.05) is 4.88 Å². The standard InChI is InChI=1S/C15H15ClS/c16-15-12(7-8-13-5-3-9-17-13)10-11-4-1-2-6-14(11)15/h1-6,9,12,15H,7-8,10H2. The molecule has 17 heavy (non-hydrogen) atoms. The fraction of sp³-hybridized carbons (Fsp3) is 0.333. The number of benzene rings is 1.